The van der Waals surface area contributed by atoms with E-state index in [1.165, 1.54) is 6.07 Å². The summed E-state index contributed by atoms with van der Waals surface area (Å²) in [7, 11) is 0. The first-order chi connectivity index (χ1) is 9.63. The van der Waals surface area contributed by atoms with Crippen LogP contribution in [0.3, 0.4) is 0 Å². The van der Waals surface area contributed by atoms with Crippen molar-refractivity contribution < 1.29 is 9.13 Å². The molecule has 0 aromatic heterocycles. The van der Waals surface area contributed by atoms with Crippen LogP contribution in [0.15, 0.2) is 42.5 Å². The van der Waals surface area contributed by atoms with Gasteiger partial charge in [0.05, 0.1) is 17.7 Å². The number of hydrogen-bond donors (Lipinski definition) is 1. The van der Waals surface area contributed by atoms with Crippen LogP contribution in [0.25, 0.3) is 0 Å². The molecule has 0 bridgehead atoms. The molecule has 0 aliphatic heterocycles. The van der Waals surface area contributed by atoms with Crippen LogP contribution < -0.4 is 10.5 Å². The lowest BCUT2D eigenvalue weighted by molar-refractivity contribution is 0.313. The zero-order valence-corrected chi connectivity index (χ0v) is 12.0. The van der Waals surface area contributed by atoms with Gasteiger partial charge in [0.2, 0.25) is 0 Å². The van der Waals surface area contributed by atoms with Crippen molar-refractivity contribution in [3.8, 4) is 5.75 Å². The third kappa shape index (κ3) is 3.30. The highest BCUT2D eigenvalue weighted by Crippen LogP contribution is 2.30. The van der Waals surface area contributed by atoms with Gasteiger partial charge in [0.25, 0.3) is 0 Å². The van der Waals surface area contributed by atoms with E-state index >= 15 is 0 Å². The van der Waals surface area contributed by atoms with Gasteiger partial charge >= 0.3 is 0 Å². The molecule has 0 spiro atoms. The van der Waals surface area contributed by atoms with Crippen molar-refractivity contribution >= 4 is 11.6 Å². The van der Waals surface area contributed by atoms with E-state index in [-0.39, 0.29) is 5.02 Å². The van der Waals surface area contributed by atoms with Crippen LogP contribution in [0.2, 0.25) is 5.02 Å². The molecule has 0 saturated carbocycles. The van der Waals surface area contributed by atoms with Gasteiger partial charge < -0.3 is 10.5 Å². The molecule has 1 atom stereocenters. The third-order valence-electron chi connectivity index (χ3n) is 3.02. The molecule has 0 radical (unpaired) electrons. The molecule has 0 heterocycles. The van der Waals surface area contributed by atoms with E-state index in [1.807, 2.05) is 31.2 Å². The minimum Gasteiger partial charge on any atom is -0.493 e. The van der Waals surface area contributed by atoms with E-state index in [1.54, 1.807) is 12.1 Å². The van der Waals surface area contributed by atoms with Gasteiger partial charge in [-0.25, -0.2) is 4.39 Å². The molecule has 0 aliphatic rings. The Morgan fingerprint density at radius 1 is 1.25 bits per heavy atom. The first-order valence-corrected chi connectivity index (χ1v) is 6.93. The summed E-state index contributed by atoms with van der Waals surface area (Å²) in [5.41, 5.74) is 7.86. The largest absolute Gasteiger partial charge is 0.493 e. The first-order valence-electron chi connectivity index (χ1n) is 6.55. The molecule has 2 nitrogen and oxygen atoms in total. The van der Waals surface area contributed by atoms with Gasteiger partial charge in [-0.1, -0.05) is 42.8 Å². The summed E-state index contributed by atoms with van der Waals surface area (Å²) in [6, 6.07) is 11.7. The summed E-state index contributed by atoms with van der Waals surface area (Å²) in [6.07, 6.45) is 0.923. The lowest BCUT2D eigenvalue weighted by Gasteiger charge is -2.17. The number of hydrogen-bond acceptors (Lipinski definition) is 2. The van der Waals surface area contributed by atoms with Gasteiger partial charge in [0.1, 0.15) is 11.6 Å². The summed E-state index contributed by atoms with van der Waals surface area (Å²) in [5.74, 6) is 0.306. The molecule has 0 aliphatic carbocycles. The molecule has 0 saturated heterocycles. The summed E-state index contributed by atoms with van der Waals surface area (Å²) in [4.78, 5) is 0. The maximum Gasteiger partial charge on any atom is 0.141 e. The number of rotatable bonds is 5. The Bertz CT molecular complexity index is 588. The standard InChI is InChI=1S/C16H17ClFNO/c1-2-9-20-15-6-4-3-5-12(15)16(19)11-7-8-14(18)13(17)10-11/h3-8,10,16H,2,9,19H2,1H3. The third-order valence-corrected chi connectivity index (χ3v) is 3.31. The topological polar surface area (TPSA) is 35.2 Å². The SMILES string of the molecule is CCCOc1ccccc1C(N)c1ccc(F)c(Cl)c1. The average molecular weight is 294 g/mol. The number of para-hydroxylation sites is 1. The highest BCUT2D eigenvalue weighted by atomic mass is 35.5. The fourth-order valence-electron chi connectivity index (χ4n) is 1.97. The van der Waals surface area contributed by atoms with Crippen LogP contribution in [0, 0.1) is 5.82 Å². The predicted molar refractivity (Wildman–Crippen MR) is 79.7 cm³/mol. The van der Waals surface area contributed by atoms with Crippen molar-refractivity contribution in [1.82, 2.24) is 0 Å². The Hall–Kier alpha value is -1.58. The quantitative estimate of drug-likeness (QED) is 0.891. The van der Waals surface area contributed by atoms with Crippen molar-refractivity contribution in [1.29, 1.82) is 0 Å². The molecule has 4 heteroatoms. The molecular weight excluding hydrogens is 277 g/mol. The van der Waals surface area contributed by atoms with E-state index in [4.69, 9.17) is 22.1 Å². The van der Waals surface area contributed by atoms with Gasteiger partial charge in [-0.2, -0.15) is 0 Å². The number of halogens is 2. The van der Waals surface area contributed by atoms with Gasteiger partial charge in [-0.3, -0.25) is 0 Å². The highest BCUT2D eigenvalue weighted by Gasteiger charge is 2.15. The monoisotopic (exact) mass is 293 g/mol. The fraction of sp³-hybridized carbons (Fsp3) is 0.250. The molecule has 20 heavy (non-hydrogen) atoms. The fourth-order valence-corrected chi connectivity index (χ4v) is 2.16. The Balaban J connectivity index is 2.32. The zero-order chi connectivity index (χ0) is 14.5. The Kier molecular flexibility index (Phi) is 4.99. The van der Waals surface area contributed by atoms with Crippen molar-refractivity contribution in [2.24, 2.45) is 5.73 Å². The summed E-state index contributed by atoms with van der Waals surface area (Å²) < 4.78 is 18.9. The van der Waals surface area contributed by atoms with Crippen LogP contribution in [-0.2, 0) is 0 Å². The van der Waals surface area contributed by atoms with Crippen molar-refractivity contribution in [2.45, 2.75) is 19.4 Å². The number of nitrogens with two attached hydrogens (primary N) is 1. The summed E-state index contributed by atoms with van der Waals surface area (Å²) in [5, 5.41) is 0.0740. The van der Waals surface area contributed by atoms with Gasteiger partial charge in [-0.05, 0) is 30.2 Å². The maximum atomic E-state index is 13.2. The number of benzene rings is 2. The molecule has 106 valence electrons. The van der Waals surface area contributed by atoms with E-state index < -0.39 is 11.9 Å². The molecule has 2 aromatic rings. The van der Waals surface area contributed by atoms with Crippen molar-refractivity contribution in [3.05, 3.63) is 64.4 Å². The van der Waals surface area contributed by atoms with Gasteiger partial charge in [0, 0.05) is 5.56 Å². The Morgan fingerprint density at radius 2 is 2.00 bits per heavy atom. The normalized spacial score (nSPS) is 12.2. The van der Waals surface area contributed by atoms with Crippen LogP contribution in [-0.4, -0.2) is 6.61 Å². The predicted octanol–water partition coefficient (Wildman–Crippen LogP) is 4.32. The van der Waals surface area contributed by atoms with E-state index in [0.29, 0.717) is 6.61 Å². The molecule has 0 amide bonds. The average Bonchev–Trinajstić information content (AvgIpc) is 2.47. The van der Waals surface area contributed by atoms with Crippen LogP contribution >= 0.6 is 11.6 Å². The second-order valence-corrected chi connectivity index (χ2v) is 4.94. The lowest BCUT2D eigenvalue weighted by Crippen LogP contribution is -2.14. The smallest absolute Gasteiger partial charge is 0.141 e. The maximum absolute atomic E-state index is 13.2. The molecule has 2 rings (SSSR count). The van der Waals surface area contributed by atoms with Crippen molar-refractivity contribution in [2.75, 3.05) is 6.61 Å². The molecular formula is C16H17ClFNO. The summed E-state index contributed by atoms with van der Waals surface area (Å²) >= 11 is 5.81. The lowest BCUT2D eigenvalue weighted by atomic mass is 9.99. The second-order valence-electron chi connectivity index (χ2n) is 4.54. The minimum absolute atomic E-state index is 0.0740. The minimum atomic E-state index is -0.446. The highest BCUT2D eigenvalue weighted by molar-refractivity contribution is 6.30. The molecule has 1 unspecified atom stereocenters. The second kappa shape index (κ2) is 6.73. The Labute approximate surface area is 123 Å². The van der Waals surface area contributed by atoms with Gasteiger partial charge in [0.15, 0.2) is 0 Å². The Morgan fingerprint density at radius 3 is 2.70 bits per heavy atom. The van der Waals surface area contributed by atoms with E-state index in [0.717, 1.165) is 23.3 Å². The summed E-state index contributed by atoms with van der Waals surface area (Å²) in [6.45, 7) is 2.68. The zero-order valence-electron chi connectivity index (χ0n) is 11.3. The first kappa shape index (κ1) is 14.8. The van der Waals surface area contributed by atoms with Crippen LogP contribution in [0.4, 0.5) is 4.39 Å². The molecule has 2 aromatic carbocycles. The van der Waals surface area contributed by atoms with Crippen LogP contribution in [0.1, 0.15) is 30.5 Å². The van der Waals surface area contributed by atoms with Crippen molar-refractivity contribution in [3.63, 3.8) is 0 Å². The molecule has 0 fully saturated rings. The number of ether oxygens (including phenoxy) is 1. The van der Waals surface area contributed by atoms with E-state index in [2.05, 4.69) is 0 Å². The van der Waals surface area contributed by atoms with E-state index in [9.17, 15) is 4.39 Å². The molecule has 2 N–H and O–H groups in total. The van der Waals surface area contributed by atoms with Crippen LogP contribution in [0.5, 0.6) is 5.75 Å². The van der Waals surface area contributed by atoms with Gasteiger partial charge in [-0.15, -0.1) is 0 Å².